The Morgan fingerprint density at radius 2 is 1.75 bits per heavy atom. The lowest BCUT2D eigenvalue weighted by Crippen LogP contribution is -2.25. The van der Waals surface area contributed by atoms with E-state index in [2.05, 4.69) is 12.2 Å². The Kier molecular flexibility index (Phi) is 9.37. The van der Waals surface area contributed by atoms with Crippen molar-refractivity contribution in [3.05, 3.63) is 30.3 Å². The molecule has 3 nitrogen and oxygen atoms in total. The van der Waals surface area contributed by atoms with E-state index >= 15 is 0 Å². The maximum atomic E-state index is 11.6. The molecule has 1 aromatic rings. The predicted molar refractivity (Wildman–Crippen MR) is 82.9 cm³/mol. The van der Waals surface area contributed by atoms with Gasteiger partial charge in [-0.3, -0.25) is 4.79 Å². The smallest absolute Gasteiger partial charge is 0.223 e. The van der Waals surface area contributed by atoms with Gasteiger partial charge in [-0.05, 0) is 18.6 Å². The van der Waals surface area contributed by atoms with E-state index in [1.807, 2.05) is 30.3 Å². The summed E-state index contributed by atoms with van der Waals surface area (Å²) < 4.78 is 5.49. The first-order chi connectivity index (χ1) is 9.83. The number of unbranched alkanes of at least 4 members (excludes halogenated alkanes) is 5. The van der Waals surface area contributed by atoms with E-state index in [0.717, 1.165) is 18.7 Å². The highest BCUT2D eigenvalue weighted by molar-refractivity contribution is 5.75. The van der Waals surface area contributed by atoms with Crippen molar-refractivity contribution in [3.63, 3.8) is 0 Å². The molecule has 20 heavy (non-hydrogen) atoms. The minimum Gasteiger partial charge on any atom is -0.493 e. The third-order valence-electron chi connectivity index (χ3n) is 3.19. The molecule has 1 N–H and O–H groups in total. The topological polar surface area (TPSA) is 38.3 Å². The van der Waals surface area contributed by atoms with E-state index in [4.69, 9.17) is 4.74 Å². The number of amides is 1. The molecular formula is C17H27NO2. The fraction of sp³-hybridized carbons (Fsp3) is 0.588. The quantitative estimate of drug-likeness (QED) is 0.622. The first kappa shape index (κ1) is 16.5. The van der Waals surface area contributed by atoms with Gasteiger partial charge in [0.25, 0.3) is 0 Å². The van der Waals surface area contributed by atoms with Gasteiger partial charge in [0, 0.05) is 6.54 Å². The molecule has 0 aromatic heterocycles. The molecule has 0 atom stereocenters. The number of para-hydroxylation sites is 1. The van der Waals surface area contributed by atoms with Crippen LogP contribution in [-0.4, -0.2) is 19.1 Å². The number of benzene rings is 1. The van der Waals surface area contributed by atoms with Gasteiger partial charge in [0.1, 0.15) is 5.75 Å². The summed E-state index contributed by atoms with van der Waals surface area (Å²) in [5.74, 6) is 0.894. The van der Waals surface area contributed by atoms with Crippen LogP contribution in [0.5, 0.6) is 5.75 Å². The second-order valence-electron chi connectivity index (χ2n) is 5.03. The molecule has 0 bridgehead atoms. The van der Waals surface area contributed by atoms with Crippen molar-refractivity contribution in [1.82, 2.24) is 5.32 Å². The van der Waals surface area contributed by atoms with E-state index < -0.39 is 0 Å². The monoisotopic (exact) mass is 277 g/mol. The van der Waals surface area contributed by atoms with Crippen molar-refractivity contribution < 1.29 is 9.53 Å². The lowest BCUT2D eigenvalue weighted by Gasteiger charge is -2.07. The Balaban J connectivity index is 1.93. The summed E-state index contributed by atoms with van der Waals surface area (Å²) >= 11 is 0. The SMILES string of the molecule is CCCCCCCCNC(=O)CCOc1ccccc1. The molecule has 0 saturated carbocycles. The lowest BCUT2D eigenvalue weighted by atomic mass is 10.1. The summed E-state index contributed by atoms with van der Waals surface area (Å²) in [7, 11) is 0. The van der Waals surface area contributed by atoms with Gasteiger partial charge in [0.2, 0.25) is 5.91 Å². The molecule has 1 amide bonds. The standard InChI is InChI=1S/C17H27NO2/c1-2-3-4-5-6-10-14-18-17(19)13-15-20-16-11-8-7-9-12-16/h7-9,11-12H,2-6,10,13-15H2,1H3,(H,18,19). The zero-order chi connectivity index (χ0) is 14.5. The summed E-state index contributed by atoms with van der Waals surface area (Å²) in [5.41, 5.74) is 0. The van der Waals surface area contributed by atoms with Gasteiger partial charge in [-0.15, -0.1) is 0 Å². The second kappa shape index (κ2) is 11.3. The Bertz CT molecular complexity index is 351. The van der Waals surface area contributed by atoms with Crippen LogP contribution in [0.15, 0.2) is 30.3 Å². The third kappa shape index (κ3) is 8.57. The highest BCUT2D eigenvalue weighted by Gasteiger charge is 2.01. The van der Waals surface area contributed by atoms with Crippen molar-refractivity contribution in [2.45, 2.75) is 51.9 Å². The number of rotatable bonds is 11. The first-order valence-electron chi connectivity index (χ1n) is 7.77. The fourth-order valence-electron chi connectivity index (χ4n) is 2.00. The predicted octanol–water partition coefficient (Wildman–Crippen LogP) is 3.93. The van der Waals surface area contributed by atoms with Crippen LogP contribution >= 0.6 is 0 Å². The van der Waals surface area contributed by atoms with Crippen molar-refractivity contribution in [3.8, 4) is 5.75 Å². The number of carbonyl (C=O) groups is 1. The maximum absolute atomic E-state index is 11.6. The number of ether oxygens (including phenoxy) is 1. The Morgan fingerprint density at radius 1 is 1.05 bits per heavy atom. The molecule has 0 fully saturated rings. The summed E-state index contributed by atoms with van der Waals surface area (Å²) in [6.07, 6.45) is 7.90. The molecule has 3 heteroatoms. The van der Waals surface area contributed by atoms with E-state index in [9.17, 15) is 4.79 Å². The summed E-state index contributed by atoms with van der Waals surface area (Å²) in [6.45, 7) is 3.44. The van der Waals surface area contributed by atoms with Gasteiger partial charge in [-0.25, -0.2) is 0 Å². The molecule has 1 aromatic carbocycles. The van der Waals surface area contributed by atoms with Crippen molar-refractivity contribution in [1.29, 1.82) is 0 Å². The van der Waals surface area contributed by atoms with Crippen LogP contribution in [0.3, 0.4) is 0 Å². The van der Waals surface area contributed by atoms with Crippen LogP contribution < -0.4 is 10.1 Å². The third-order valence-corrected chi connectivity index (χ3v) is 3.19. The van der Waals surface area contributed by atoms with E-state index in [1.54, 1.807) is 0 Å². The number of hydrogen-bond acceptors (Lipinski definition) is 2. The summed E-state index contributed by atoms with van der Waals surface area (Å²) in [4.78, 5) is 11.6. The van der Waals surface area contributed by atoms with Gasteiger partial charge >= 0.3 is 0 Å². The van der Waals surface area contributed by atoms with Crippen molar-refractivity contribution in [2.24, 2.45) is 0 Å². The number of carbonyl (C=O) groups excluding carboxylic acids is 1. The van der Waals surface area contributed by atoms with Crippen LogP contribution in [0.25, 0.3) is 0 Å². The summed E-state index contributed by atoms with van der Waals surface area (Å²) in [6, 6.07) is 9.59. The Labute approximate surface area is 122 Å². The van der Waals surface area contributed by atoms with Gasteiger partial charge in [-0.1, -0.05) is 57.2 Å². The van der Waals surface area contributed by atoms with Crippen LogP contribution in [0.4, 0.5) is 0 Å². The van der Waals surface area contributed by atoms with Crippen LogP contribution in [-0.2, 0) is 4.79 Å². The van der Waals surface area contributed by atoms with Gasteiger partial charge in [0.15, 0.2) is 0 Å². The van der Waals surface area contributed by atoms with E-state index in [0.29, 0.717) is 13.0 Å². The molecule has 0 saturated heterocycles. The molecule has 1 rings (SSSR count). The minimum absolute atomic E-state index is 0.0782. The molecular weight excluding hydrogens is 250 g/mol. The highest BCUT2D eigenvalue weighted by Crippen LogP contribution is 2.08. The average molecular weight is 277 g/mol. The van der Waals surface area contributed by atoms with Crippen LogP contribution in [0, 0.1) is 0 Å². The lowest BCUT2D eigenvalue weighted by molar-refractivity contribution is -0.121. The molecule has 112 valence electrons. The molecule has 0 aliphatic heterocycles. The molecule has 0 radical (unpaired) electrons. The molecule has 0 spiro atoms. The molecule has 0 aliphatic rings. The summed E-state index contributed by atoms with van der Waals surface area (Å²) in [5, 5.41) is 2.94. The maximum Gasteiger partial charge on any atom is 0.223 e. The zero-order valence-corrected chi connectivity index (χ0v) is 12.6. The second-order valence-corrected chi connectivity index (χ2v) is 5.03. The fourth-order valence-corrected chi connectivity index (χ4v) is 2.00. The van der Waals surface area contributed by atoms with Crippen molar-refractivity contribution in [2.75, 3.05) is 13.2 Å². The minimum atomic E-state index is 0.0782. The molecule has 0 heterocycles. The van der Waals surface area contributed by atoms with Gasteiger partial charge < -0.3 is 10.1 Å². The molecule has 0 aliphatic carbocycles. The van der Waals surface area contributed by atoms with Gasteiger partial charge in [-0.2, -0.15) is 0 Å². The van der Waals surface area contributed by atoms with Crippen molar-refractivity contribution >= 4 is 5.91 Å². The Morgan fingerprint density at radius 3 is 2.50 bits per heavy atom. The Hall–Kier alpha value is -1.51. The van der Waals surface area contributed by atoms with Crippen LogP contribution in [0.1, 0.15) is 51.9 Å². The molecule has 0 unspecified atom stereocenters. The van der Waals surface area contributed by atoms with E-state index in [1.165, 1.54) is 32.1 Å². The first-order valence-corrected chi connectivity index (χ1v) is 7.77. The van der Waals surface area contributed by atoms with E-state index in [-0.39, 0.29) is 5.91 Å². The zero-order valence-electron chi connectivity index (χ0n) is 12.6. The highest BCUT2D eigenvalue weighted by atomic mass is 16.5. The van der Waals surface area contributed by atoms with Gasteiger partial charge in [0.05, 0.1) is 13.0 Å². The number of nitrogens with one attached hydrogen (secondary N) is 1. The average Bonchev–Trinajstić information content (AvgIpc) is 2.47. The largest absolute Gasteiger partial charge is 0.493 e. The number of hydrogen-bond donors (Lipinski definition) is 1. The van der Waals surface area contributed by atoms with Crippen LogP contribution in [0.2, 0.25) is 0 Å². The normalized spacial score (nSPS) is 10.2.